The van der Waals surface area contributed by atoms with Gasteiger partial charge in [0.05, 0.1) is 23.1 Å². The van der Waals surface area contributed by atoms with Gasteiger partial charge in [-0.2, -0.15) is 5.10 Å². The summed E-state index contributed by atoms with van der Waals surface area (Å²) in [6.07, 6.45) is 5.80. The van der Waals surface area contributed by atoms with E-state index in [1.165, 1.54) is 9.75 Å². The summed E-state index contributed by atoms with van der Waals surface area (Å²) in [4.78, 5) is 27.1. The Morgan fingerprint density at radius 1 is 1.03 bits per heavy atom. The van der Waals surface area contributed by atoms with Crippen molar-refractivity contribution in [3.8, 4) is 33.0 Å². The lowest BCUT2D eigenvalue weighted by Crippen LogP contribution is -2.13. The molecular weight excluding hydrogens is 480 g/mol. The van der Waals surface area contributed by atoms with Crippen LogP contribution in [0.1, 0.15) is 25.1 Å². The van der Waals surface area contributed by atoms with Crippen LogP contribution in [0.3, 0.4) is 0 Å². The van der Waals surface area contributed by atoms with Crippen LogP contribution in [0.5, 0.6) is 0 Å². The van der Waals surface area contributed by atoms with Gasteiger partial charge in [0, 0.05) is 50.5 Å². The number of aromatic nitrogens is 5. The fraction of sp³-hybridized carbons (Fsp3) is 0.172. The van der Waals surface area contributed by atoms with E-state index in [1.54, 1.807) is 23.7 Å². The number of thiophene rings is 1. The first-order valence-corrected chi connectivity index (χ1v) is 13.0. The first-order chi connectivity index (χ1) is 17.9. The van der Waals surface area contributed by atoms with Crippen LogP contribution in [-0.2, 0) is 4.79 Å². The molecular formula is C29H26N6OS. The smallest absolute Gasteiger partial charge is 0.224 e. The predicted molar refractivity (Wildman–Crippen MR) is 151 cm³/mol. The minimum Gasteiger partial charge on any atom is -0.338 e. The molecule has 5 heterocycles. The molecule has 1 aromatic carbocycles. The number of aryl methyl sites for hydroxylation is 1. The van der Waals surface area contributed by atoms with Gasteiger partial charge in [0.15, 0.2) is 0 Å². The molecule has 0 aliphatic carbocycles. The molecule has 8 heteroatoms. The highest BCUT2D eigenvalue weighted by molar-refractivity contribution is 7.15. The Balaban J connectivity index is 1.38. The topological polar surface area (TPSA) is 99.3 Å². The zero-order valence-corrected chi connectivity index (χ0v) is 21.6. The van der Waals surface area contributed by atoms with E-state index in [4.69, 9.17) is 0 Å². The number of carbonyl (C=O) groups is 1. The lowest BCUT2D eigenvalue weighted by atomic mass is 10.0. The normalized spacial score (nSPS) is 11.6. The molecule has 0 atom stereocenters. The number of rotatable bonds is 6. The molecule has 1 amide bonds. The fourth-order valence-electron chi connectivity index (χ4n) is 4.60. The third-order valence-electron chi connectivity index (χ3n) is 6.30. The molecule has 3 N–H and O–H groups in total. The van der Waals surface area contributed by atoms with E-state index < -0.39 is 0 Å². The highest BCUT2D eigenvalue weighted by Gasteiger charge is 2.16. The standard InChI is InChI=1S/C29H26N6OS/c1-16(2)10-27(36)32-20-11-19(14-30-15-20)18-5-6-24-23(12-18)28(35-34-24)25-13-22-21(8-9-31-29(22)33-25)26-7-4-17(3)37-26/h4-9,11-16H,10H2,1-3H3,(H,31,33)(H,32,36)(H,34,35). The number of pyridine rings is 2. The Morgan fingerprint density at radius 2 is 1.92 bits per heavy atom. The summed E-state index contributed by atoms with van der Waals surface area (Å²) >= 11 is 1.78. The summed E-state index contributed by atoms with van der Waals surface area (Å²) < 4.78 is 0. The molecule has 0 bridgehead atoms. The van der Waals surface area contributed by atoms with Crippen molar-refractivity contribution in [2.24, 2.45) is 5.92 Å². The van der Waals surface area contributed by atoms with Gasteiger partial charge < -0.3 is 10.3 Å². The van der Waals surface area contributed by atoms with Crippen molar-refractivity contribution in [3.63, 3.8) is 0 Å². The molecule has 0 spiro atoms. The molecule has 0 radical (unpaired) electrons. The Kier molecular flexibility index (Phi) is 5.81. The van der Waals surface area contributed by atoms with Crippen molar-refractivity contribution in [1.29, 1.82) is 0 Å². The van der Waals surface area contributed by atoms with Crippen molar-refractivity contribution in [1.82, 2.24) is 25.1 Å². The lowest BCUT2D eigenvalue weighted by Gasteiger charge is -2.09. The summed E-state index contributed by atoms with van der Waals surface area (Å²) in [5, 5.41) is 12.8. The summed E-state index contributed by atoms with van der Waals surface area (Å²) in [5.41, 5.74) is 7.27. The Bertz CT molecular complexity index is 1760. The minimum absolute atomic E-state index is 0.00831. The SMILES string of the molecule is Cc1ccc(-c2ccnc3[nH]c(-c4n[nH]c5ccc(-c6cncc(NC(=O)CC(C)C)c6)cc45)cc23)s1. The first-order valence-electron chi connectivity index (χ1n) is 12.2. The number of amides is 1. The quantitative estimate of drug-likeness (QED) is 0.223. The molecule has 0 fully saturated rings. The van der Waals surface area contributed by atoms with Gasteiger partial charge in [-0.3, -0.25) is 14.9 Å². The van der Waals surface area contributed by atoms with Crippen molar-refractivity contribution >= 4 is 44.9 Å². The third kappa shape index (κ3) is 4.51. The highest BCUT2D eigenvalue weighted by Crippen LogP contribution is 2.36. The average Bonchev–Trinajstić information content (AvgIpc) is 3.60. The molecule has 7 nitrogen and oxygen atoms in total. The zero-order chi connectivity index (χ0) is 25.5. The minimum atomic E-state index is -0.00831. The molecule has 184 valence electrons. The molecule has 6 aromatic rings. The average molecular weight is 507 g/mol. The van der Waals surface area contributed by atoms with E-state index in [0.29, 0.717) is 18.0 Å². The third-order valence-corrected chi connectivity index (χ3v) is 7.34. The number of anilines is 1. The number of fused-ring (bicyclic) bond motifs is 2. The molecule has 0 saturated heterocycles. The Labute approximate surface area is 218 Å². The maximum Gasteiger partial charge on any atom is 0.224 e. The van der Waals surface area contributed by atoms with Crippen molar-refractivity contribution in [2.45, 2.75) is 27.2 Å². The van der Waals surface area contributed by atoms with Crippen LogP contribution in [0.4, 0.5) is 5.69 Å². The highest BCUT2D eigenvalue weighted by atomic mass is 32.1. The monoisotopic (exact) mass is 506 g/mol. The Morgan fingerprint density at radius 3 is 2.73 bits per heavy atom. The van der Waals surface area contributed by atoms with E-state index in [0.717, 1.165) is 50.0 Å². The maximum atomic E-state index is 12.2. The van der Waals surface area contributed by atoms with Crippen molar-refractivity contribution < 1.29 is 4.79 Å². The van der Waals surface area contributed by atoms with E-state index in [-0.39, 0.29) is 5.91 Å². The van der Waals surface area contributed by atoms with Gasteiger partial charge in [0.25, 0.3) is 0 Å². The fourth-order valence-corrected chi connectivity index (χ4v) is 5.50. The molecule has 5 aromatic heterocycles. The molecule has 0 aliphatic rings. The second-order valence-corrected chi connectivity index (χ2v) is 10.9. The second-order valence-electron chi connectivity index (χ2n) is 9.66. The van der Waals surface area contributed by atoms with Crippen molar-refractivity contribution in [3.05, 3.63) is 72.0 Å². The number of benzene rings is 1. The summed E-state index contributed by atoms with van der Waals surface area (Å²) in [5.74, 6) is 0.287. The van der Waals surface area contributed by atoms with Gasteiger partial charge in [-0.15, -0.1) is 11.3 Å². The first kappa shape index (κ1) is 23.1. The second kappa shape index (κ2) is 9.29. The van der Waals surface area contributed by atoms with Crippen LogP contribution >= 0.6 is 11.3 Å². The summed E-state index contributed by atoms with van der Waals surface area (Å²) in [7, 11) is 0. The number of nitrogens with one attached hydrogen (secondary N) is 3. The number of carbonyl (C=O) groups excluding carboxylic acids is 1. The summed E-state index contributed by atoms with van der Waals surface area (Å²) in [6, 6.07) is 16.6. The Hall–Kier alpha value is -4.30. The van der Waals surface area contributed by atoms with Crippen LogP contribution in [0.15, 0.2) is 67.1 Å². The van der Waals surface area contributed by atoms with Gasteiger partial charge in [0.2, 0.25) is 5.91 Å². The van der Waals surface area contributed by atoms with Gasteiger partial charge in [0.1, 0.15) is 11.3 Å². The van der Waals surface area contributed by atoms with Gasteiger partial charge >= 0.3 is 0 Å². The van der Waals surface area contributed by atoms with Gasteiger partial charge in [-0.05, 0) is 60.9 Å². The number of H-pyrrole nitrogens is 2. The van der Waals surface area contributed by atoms with E-state index in [1.807, 2.05) is 38.2 Å². The lowest BCUT2D eigenvalue weighted by molar-refractivity contribution is -0.116. The zero-order valence-electron chi connectivity index (χ0n) is 20.8. The molecule has 37 heavy (non-hydrogen) atoms. The molecule has 6 rings (SSSR count). The van der Waals surface area contributed by atoms with E-state index in [9.17, 15) is 4.79 Å². The largest absolute Gasteiger partial charge is 0.338 e. The van der Waals surface area contributed by atoms with Crippen LogP contribution in [0.25, 0.3) is 54.9 Å². The predicted octanol–water partition coefficient (Wildman–Crippen LogP) is 7.19. The van der Waals surface area contributed by atoms with Crippen LogP contribution in [-0.4, -0.2) is 31.1 Å². The molecule has 0 saturated carbocycles. The van der Waals surface area contributed by atoms with Gasteiger partial charge in [-0.1, -0.05) is 19.9 Å². The maximum absolute atomic E-state index is 12.2. The number of nitrogens with zero attached hydrogens (tertiary/aromatic N) is 3. The summed E-state index contributed by atoms with van der Waals surface area (Å²) in [6.45, 7) is 6.17. The van der Waals surface area contributed by atoms with Crippen LogP contribution in [0.2, 0.25) is 0 Å². The van der Waals surface area contributed by atoms with E-state index >= 15 is 0 Å². The molecule has 0 unspecified atom stereocenters. The van der Waals surface area contributed by atoms with Gasteiger partial charge in [-0.25, -0.2) is 4.98 Å². The number of hydrogen-bond donors (Lipinski definition) is 3. The van der Waals surface area contributed by atoms with E-state index in [2.05, 4.69) is 67.7 Å². The number of hydrogen-bond acceptors (Lipinski definition) is 5. The number of aromatic amines is 2. The van der Waals surface area contributed by atoms with Crippen LogP contribution in [0, 0.1) is 12.8 Å². The molecule has 0 aliphatic heterocycles. The van der Waals surface area contributed by atoms with Crippen molar-refractivity contribution in [2.75, 3.05) is 5.32 Å². The van der Waals surface area contributed by atoms with Crippen LogP contribution < -0.4 is 5.32 Å².